The number of rotatable bonds is 8. The Hall–Kier alpha value is -3.86. The molecule has 0 fully saturated rings. The highest BCUT2D eigenvalue weighted by Crippen LogP contribution is 2.19. The quantitative estimate of drug-likeness (QED) is 0.334. The lowest BCUT2D eigenvalue weighted by Gasteiger charge is -2.25. The standard InChI is InChI=1S/C28H28FN3O/c1-2-24-11-6-7-13-27(24)30-28(33)32(20-22-9-4-3-5-10-22)21-26-12-8-18-31(26)19-23-14-16-25(29)17-15-23/h3-18H,2,19-21H2,1H3,(H,30,33). The number of para-hydroxylation sites is 1. The number of aryl methyl sites for hydroxylation is 1. The molecule has 0 radical (unpaired) electrons. The summed E-state index contributed by atoms with van der Waals surface area (Å²) < 4.78 is 15.4. The number of amides is 2. The van der Waals surface area contributed by atoms with Gasteiger partial charge in [-0.25, -0.2) is 9.18 Å². The first-order valence-corrected chi connectivity index (χ1v) is 11.2. The Labute approximate surface area is 194 Å². The van der Waals surface area contributed by atoms with Gasteiger partial charge in [-0.05, 0) is 53.4 Å². The number of urea groups is 1. The number of halogens is 1. The van der Waals surface area contributed by atoms with Gasteiger partial charge >= 0.3 is 6.03 Å². The molecule has 33 heavy (non-hydrogen) atoms. The summed E-state index contributed by atoms with van der Waals surface area (Å²) in [6.45, 7) is 3.63. The van der Waals surface area contributed by atoms with E-state index >= 15 is 0 Å². The highest BCUT2D eigenvalue weighted by Gasteiger charge is 2.18. The number of hydrogen-bond acceptors (Lipinski definition) is 1. The molecule has 4 aromatic rings. The average Bonchev–Trinajstić information content (AvgIpc) is 3.27. The third-order valence-corrected chi connectivity index (χ3v) is 5.69. The average molecular weight is 442 g/mol. The van der Waals surface area contributed by atoms with E-state index in [0.29, 0.717) is 19.6 Å². The second-order valence-electron chi connectivity index (χ2n) is 8.04. The minimum atomic E-state index is -0.246. The van der Waals surface area contributed by atoms with Crippen molar-refractivity contribution < 1.29 is 9.18 Å². The van der Waals surface area contributed by atoms with Crippen LogP contribution < -0.4 is 5.32 Å². The molecule has 168 valence electrons. The van der Waals surface area contributed by atoms with Crippen LogP contribution in [-0.4, -0.2) is 15.5 Å². The van der Waals surface area contributed by atoms with Crippen LogP contribution in [0.25, 0.3) is 0 Å². The molecule has 0 aliphatic rings. The molecule has 2 amide bonds. The summed E-state index contributed by atoms with van der Waals surface area (Å²) >= 11 is 0. The maximum Gasteiger partial charge on any atom is 0.322 e. The zero-order chi connectivity index (χ0) is 23.0. The lowest BCUT2D eigenvalue weighted by molar-refractivity contribution is 0.205. The van der Waals surface area contributed by atoms with Crippen LogP contribution in [0, 0.1) is 5.82 Å². The number of carbonyl (C=O) groups is 1. The summed E-state index contributed by atoms with van der Waals surface area (Å²) in [7, 11) is 0. The third-order valence-electron chi connectivity index (χ3n) is 5.69. The summed E-state index contributed by atoms with van der Waals surface area (Å²) in [6.07, 6.45) is 2.83. The molecule has 5 heteroatoms. The van der Waals surface area contributed by atoms with E-state index in [9.17, 15) is 9.18 Å². The number of nitrogens with one attached hydrogen (secondary N) is 1. The van der Waals surface area contributed by atoms with Crippen LogP contribution in [0.5, 0.6) is 0 Å². The molecule has 0 atom stereocenters. The van der Waals surface area contributed by atoms with Crippen LogP contribution in [0.15, 0.2) is 97.2 Å². The van der Waals surface area contributed by atoms with Crippen molar-refractivity contribution in [2.75, 3.05) is 5.32 Å². The topological polar surface area (TPSA) is 37.3 Å². The van der Waals surface area contributed by atoms with Crippen LogP contribution in [0.1, 0.15) is 29.3 Å². The van der Waals surface area contributed by atoms with E-state index in [1.165, 1.54) is 12.1 Å². The lowest BCUT2D eigenvalue weighted by atomic mass is 10.1. The van der Waals surface area contributed by atoms with Crippen LogP contribution in [0.4, 0.5) is 14.9 Å². The summed E-state index contributed by atoms with van der Waals surface area (Å²) in [5.74, 6) is -0.246. The van der Waals surface area contributed by atoms with Crippen molar-refractivity contribution in [2.24, 2.45) is 0 Å². The van der Waals surface area contributed by atoms with Crippen molar-refractivity contribution in [1.29, 1.82) is 0 Å². The largest absolute Gasteiger partial charge is 0.345 e. The zero-order valence-electron chi connectivity index (χ0n) is 18.7. The first kappa shape index (κ1) is 22.3. The molecule has 1 N–H and O–H groups in total. The second kappa shape index (κ2) is 10.6. The summed E-state index contributed by atoms with van der Waals surface area (Å²) in [5, 5.41) is 3.11. The molecule has 0 aliphatic heterocycles. The van der Waals surface area contributed by atoms with E-state index in [1.54, 1.807) is 12.1 Å². The minimum Gasteiger partial charge on any atom is -0.345 e. The molecule has 0 saturated carbocycles. The van der Waals surface area contributed by atoms with Gasteiger partial charge in [-0.2, -0.15) is 0 Å². The van der Waals surface area contributed by atoms with E-state index in [4.69, 9.17) is 0 Å². The summed E-state index contributed by atoms with van der Waals surface area (Å²) in [6, 6.07) is 28.2. The number of carbonyl (C=O) groups excluding carboxylic acids is 1. The normalized spacial score (nSPS) is 10.7. The zero-order valence-corrected chi connectivity index (χ0v) is 18.7. The second-order valence-corrected chi connectivity index (χ2v) is 8.04. The van der Waals surface area contributed by atoms with Gasteiger partial charge in [-0.3, -0.25) is 0 Å². The van der Waals surface area contributed by atoms with Crippen LogP contribution in [0.3, 0.4) is 0 Å². The maximum absolute atomic E-state index is 13.4. The molecule has 0 aliphatic carbocycles. The number of benzene rings is 3. The van der Waals surface area contributed by atoms with Crippen molar-refractivity contribution in [3.8, 4) is 0 Å². The van der Waals surface area contributed by atoms with Crippen molar-refractivity contribution in [3.05, 3.63) is 125 Å². The lowest BCUT2D eigenvalue weighted by Crippen LogP contribution is -2.35. The Morgan fingerprint density at radius 3 is 2.33 bits per heavy atom. The van der Waals surface area contributed by atoms with E-state index in [0.717, 1.165) is 34.5 Å². The van der Waals surface area contributed by atoms with Gasteiger partial charge < -0.3 is 14.8 Å². The fourth-order valence-electron chi connectivity index (χ4n) is 3.88. The highest BCUT2D eigenvalue weighted by atomic mass is 19.1. The SMILES string of the molecule is CCc1ccccc1NC(=O)N(Cc1ccccc1)Cc1cccn1Cc1ccc(F)cc1. The smallest absolute Gasteiger partial charge is 0.322 e. The Kier molecular flexibility index (Phi) is 7.20. The van der Waals surface area contributed by atoms with Gasteiger partial charge in [0.2, 0.25) is 0 Å². The predicted molar refractivity (Wildman–Crippen MR) is 130 cm³/mol. The molecule has 0 saturated heterocycles. The van der Waals surface area contributed by atoms with Gasteiger partial charge in [-0.15, -0.1) is 0 Å². The first-order valence-electron chi connectivity index (χ1n) is 11.2. The van der Waals surface area contributed by atoms with Gasteiger partial charge in [0.15, 0.2) is 0 Å². The Bertz CT molecular complexity index is 1190. The van der Waals surface area contributed by atoms with Crippen LogP contribution in [-0.2, 0) is 26.1 Å². The Balaban J connectivity index is 1.56. The minimum absolute atomic E-state index is 0.144. The fourth-order valence-corrected chi connectivity index (χ4v) is 3.88. The summed E-state index contributed by atoms with van der Waals surface area (Å²) in [5.41, 5.74) is 5.02. The monoisotopic (exact) mass is 441 g/mol. The number of hydrogen-bond donors (Lipinski definition) is 1. The molecule has 4 rings (SSSR count). The molecule has 4 nitrogen and oxygen atoms in total. The summed E-state index contributed by atoms with van der Waals surface area (Å²) in [4.78, 5) is 15.2. The predicted octanol–water partition coefficient (Wildman–Crippen LogP) is 6.47. The molecule has 1 heterocycles. The number of anilines is 1. The van der Waals surface area contributed by atoms with Crippen LogP contribution >= 0.6 is 0 Å². The molecular formula is C28H28FN3O. The molecule has 0 spiro atoms. The molecule has 3 aromatic carbocycles. The fraction of sp³-hybridized carbons (Fsp3) is 0.179. The molecule has 0 unspecified atom stereocenters. The molecule has 0 bridgehead atoms. The van der Waals surface area contributed by atoms with Crippen molar-refractivity contribution in [1.82, 2.24) is 9.47 Å². The molecular weight excluding hydrogens is 413 g/mol. The highest BCUT2D eigenvalue weighted by molar-refractivity contribution is 5.90. The van der Waals surface area contributed by atoms with Gasteiger partial charge in [0.25, 0.3) is 0 Å². The maximum atomic E-state index is 13.4. The Morgan fingerprint density at radius 2 is 1.58 bits per heavy atom. The van der Waals surface area contributed by atoms with Crippen molar-refractivity contribution >= 4 is 11.7 Å². The van der Waals surface area contributed by atoms with Crippen molar-refractivity contribution in [3.63, 3.8) is 0 Å². The van der Waals surface area contributed by atoms with Crippen LogP contribution in [0.2, 0.25) is 0 Å². The van der Waals surface area contributed by atoms with E-state index < -0.39 is 0 Å². The number of aromatic nitrogens is 1. The van der Waals surface area contributed by atoms with Gasteiger partial charge in [0.1, 0.15) is 5.82 Å². The van der Waals surface area contributed by atoms with Gasteiger partial charge in [-0.1, -0.05) is 67.6 Å². The van der Waals surface area contributed by atoms with Crippen molar-refractivity contribution in [2.45, 2.75) is 33.0 Å². The van der Waals surface area contributed by atoms with Gasteiger partial charge in [0, 0.05) is 30.7 Å². The van der Waals surface area contributed by atoms with E-state index in [1.807, 2.05) is 77.8 Å². The first-order chi connectivity index (χ1) is 16.1. The van der Waals surface area contributed by atoms with E-state index in [2.05, 4.69) is 16.8 Å². The van der Waals surface area contributed by atoms with E-state index in [-0.39, 0.29) is 11.8 Å². The van der Waals surface area contributed by atoms with Gasteiger partial charge in [0.05, 0.1) is 6.54 Å². The third kappa shape index (κ3) is 5.89. The Morgan fingerprint density at radius 1 is 0.848 bits per heavy atom. The number of nitrogens with zero attached hydrogens (tertiary/aromatic N) is 2. The molecule has 1 aromatic heterocycles.